The van der Waals surface area contributed by atoms with E-state index in [0.29, 0.717) is 13.1 Å². The van der Waals surface area contributed by atoms with Crippen molar-refractivity contribution in [2.24, 2.45) is 0 Å². The molecule has 1 heterocycles. The standard InChI is InChI=1S/C12H21N5O/c1-4-5-10-16-11(13-3)8-12(17-10)15-7-6-14-9(2)18/h8H,4-7H2,1-3H3,(H,14,18)(H2,13,15,16,17). The van der Waals surface area contributed by atoms with Crippen LogP contribution in [0.4, 0.5) is 11.6 Å². The van der Waals surface area contributed by atoms with Crippen LogP contribution in [0.5, 0.6) is 0 Å². The molecule has 1 aromatic heterocycles. The first kappa shape index (κ1) is 14.2. The van der Waals surface area contributed by atoms with Crippen LogP contribution in [-0.2, 0) is 11.2 Å². The monoisotopic (exact) mass is 251 g/mol. The largest absolute Gasteiger partial charge is 0.373 e. The lowest BCUT2D eigenvalue weighted by Crippen LogP contribution is -2.26. The molecule has 0 fully saturated rings. The lowest BCUT2D eigenvalue weighted by Gasteiger charge is -2.09. The fraction of sp³-hybridized carbons (Fsp3) is 0.583. The first-order chi connectivity index (χ1) is 8.65. The van der Waals surface area contributed by atoms with E-state index >= 15 is 0 Å². The molecule has 0 saturated heterocycles. The molecule has 0 atom stereocenters. The van der Waals surface area contributed by atoms with Gasteiger partial charge in [-0.25, -0.2) is 9.97 Å². The molecule has 1 rings (SSSR count). The number of rotatable bonds is 7. The van der Waals surface area contributed by atoms with E-state index in [-0.39, 0.29) is 5.91 Å². The van der Waals surface area contributed by atoms with Gasteiger partial charge in [0.1, 0.15) is 17.5 Å². The Hall–Kier alpha value is -1.85. The SMILES string of the molecule is CCCc1nc(NC)cc(NCCNC(C)=O)n1. The zero-order valence-corrected chi connectivity index (χ0v) is 11.2. The molecule has 6 heteroatoms. The maximum atomic E-state index is 10.7. The molecule has 0 radical (unpaired) electrons. The summed E-state index contributed by atoms with van der Waals surface area (Å²) in [6, 6.07) is 1.85. The van der Waals surface area contributed by atoms with Crippen LogP contribution in [0.25, 0.3) is 0 Å². The zero-order valence-electron chi connectivity index (χ0n) is 11.2. The number of aromatic nitrogens is 2. The summed E-state index contributed by atoms with van der Waals surface area (Å²) in [5.41, 5.74) is 0. The van der Waals surface area contributed by atoms with Crippen molar-refractivity contribution in [2.75, 3.05) is 30.8 Å². The quantitative estimate of drug-likeness (QED) is 0.631. The summed E-state index contributed by atoms with van der Waals surface area (Å²) in [5.74, 6) is 2.38. The van der Waals surface area contributed by atoms with Gasteiger partial charge in [-0.2, -0.15) is 0 Å². The fourth-order valence-corrected chi connectivity index (χ4v) is 1.48. The van der Waals surface area contributed by atoms with Gasteiger partial charge in [0.2, 0.25) is 5.91 Å². The molecule has 0 bridgehead atoms. The highest BCUT2D eigenvalue weighted by Crippen LogP contribution is 2.11. The molecule has 3 N–H and O–H groups in total. The zero-order chi connectivity index (χ0) is 13.4. The number of nitrogens with one attached hydrogen (secondary N) is 3. The third-order valence-corrected chi connectivity index (χ3v) is 2.31. The van der Waals surface area contributed by atoms with Crippen LogP contribution in [0.2, 0.25) is 0 Å². The first-order valence-corrected chi connectivity index (χ1v) is 6.19. The van der Waals surface area contributed by atoms with Gasteiger partial charge in [0.05, 0.1) is 0 Å². The number of carbonyl (C=O) groups is 1. The number of hydrogen-bond acceptors (Lipinski definition) is 5. The van der Waals surface area contributed by atoms with Gasteiger partial charge in [0.25, 0.3) is 0 Å². The summed E-state index contributed by atoms with van der Waals surface area (Å²) in [6.45, 7) is 4.82. The maximum absolute atomic E-state index is 10.7. The highest BCUT2D eigenvalue weighted by atomic mass is 16.1. The van der Waals surface area contributed by atoms with Crippen LogP contribution in [0, 0.1) is 0 Å². The first-order valence-electron chi connectivity index (χ1n) is 6.19. The lowest BCUT2D eigenvalue weighted by molar-refractivity contribution is -0.118. The Morgan fingerprint density at radius 1 is 1.28 bits per heavy atom. The highest BCUT2D eigenvalue weighted by molar-refractivity contribution is 5.72. The van der Waals surface area contributed by atoms with E-state index in [0.717, 1.165) is 30.3 Å². The lowest BCUT2D eigenvalue weighted by atomic mass is 10.3. The van der Waals surface area contributed by atoms with E-state index in [1.807, 2.05) is 13.1 Å². The van der Waals surface area contributed by atoms with Crippen LogP contribution >= 0.6 is 0 Å². The van der Waals surface area contributed by atoms with E-state index < -0.39 is 0 Å². The van der Waals surface area contributed by atoms with E-state index in [2.05, 4.69) is 32.8 Å². The Morgan fingerprint density at radius 3 is 2.61 bits per heavy atom. The Balaban J connectivity index is 2.57. The normalized spacial score (nSPS) is 9.94. The Labute approximate surface area is 108 Å². The predicted molar refractivity (Wildman–Crippen MR) is 72.7 cm³/mol. The molecular weight excluding hydrogens is 230 g/mol. The van der Waals surface area contributed by atoms with Crippen molar-refractivity contribution in [3.05, 3.63) is 11.9 Å². The molecule has 0 unspecified atom stereocenters. The number of carbonyl (C=O) groups excluding carboxylic acids is 1. The molecule has 1 aromatic rings. The van der Waals surface area contributed by atoms with Crippen molar-refractivity contribution in [2.45, 2.75) is 26.7 Å². The molecule has 18 heavy (non-hydrogen) atoms. The van der Waals surface area contributed by atoms with Crippen molar-refractivity contribution < 1.29 is 4.79 Å². The van der Waals surface area contributed by atoms with Gasteiger partial charge in [0.15, 0.2) is 0 Å². The number of nitrogens with zero attached hydrogens (tertiary/aromatic N) is 2. The average Bonchev–Trinajstić information content (AvgIpc) is 2.34. The fourth-order valence-electron chi connectivity index (χ4n) is 1.48. The molecule has 6 nitrogen and oxygen atoms in total. The van der Waals surface area contributed by atoms with Crippen LogP contribution in [0.15, 0.2) is 6.07 Å². The minimum atomic E-state index is -0.0259. The Bertz CT molecular complexity index is 394. The number of aryl methyl sites for hydroxylation is 1. The molecular formula is C12H21N5O. The maximum Gasteiger partial charge on any atom is 0.216 e. The molecule has 0 aromatic carbocycles. The van der Waals surface area contributed by atoms with Crippen molar-refractivity contribution in [1.29, 1.82) is 0 Å². The van der Waals surface area contributed by atoms with Crippen molar-refractivity contribution in [3.63, 3.8) is 0 Å². The minimum Gasteiger partial charge on any atom is -0.373 e. The summed E-state index contributed by atoms with van der Waals surface area (Å²) < 4.78 is 0. The van der Waals surface area contributed by atoms with Gasteiger partial charge >= 0.3 is 0 Å². The molecule has 100 valence electrons. The van der Waals surface area contributed by atoms with E-state index in [1.165, 1.54) is 6.92 Å². The minimum absolute atomic E-state index is 0.0259. The molecule has 1 amide bonds. The van der Waals surface area contributed by atoms with Gasteiger partial charge < -0.3 is 16.0 Å². The second kappa shape index (κ2) is 7.47. The van der Waals surface area contributed by atoms with Crippen molar-refractivity contribution >= 4 is 17.5 Å². The summed E-state index contributed by atoms with van der Waals surface area (Å²) in [4.78, 5) is 19.5. The second-order valence-corrected chi connectivity index (χ2v) is 3.96. The number of hydrogen-bond donors (Lipinski definition) is 3. The van der Waals surface area contributed by atoms with Crippen molar-refractivity contribution in [1.82, 2.24) is 15.3 Å². The predicted octanol–water partition coefficient (Wildman–Crippen LogP) is 1.02. The molecule has 0 aliphatic rings. The summed E-state index contributed by atoms with van der Waals surface area (Å²) in [6.07, 6.45) is 1.87. The summed E-state index contributed by atoms with van der Waals surface area (Å²) in [7, 11) is 1.83. The average molecular weight is 251 g/mol. The molecule has 0 saturated carbocycles. The highest BCUT2D eigenvalue weighted by Gasteiger charge is 2.02. The van der Waals surface area contributed by atoms with E-state index in [9.17, 15) is 4.79 Å². The Kier molecular flexibility index (Phi) is 5.90. The second-order valence-electron chi connectivity index (χ2n) is 3.96. The third kappa shape index (κ3) is 4.99. The van der Waals surface area contributed by atoms with Crippen LogP contribution < -0.4 is 16.0 Å². The van der Waals surface area contributed by atoms with Gasteiger partial charge in [-0.1, -0.05) is 6.92 Å². The Morgan fingerprint density at radius 2 is 2.00 bits per heavy atom. The molecule has 0 aliphatic heterocycles. The topological polar surface area (TPSA) is 78.9 Å². The van der Waals surface area contributed by atoms with Crippen LogP contribution in [-0.4, -0.2) is 36.0 Å². The van der Waals surface area contributed by atoms with Crippen LogP contribution in [0.1, 0.15) is 26.1 Å². The molecule has 0 aliphatic carbocycles. The molecule has 0 spiro atoms. The van der Waals surface area contributed by atoms with Crippen molar-refractivity contribution in [3.8, 4) is 0 Å². The smallest absolute Gasteiger partial charge is 0.216 e. The van der Waals surface area contributed by atoms with Crippen LogP contribution in [0.3, 0.4) is 0 Å². The van der Waals surface area contributed by atoms with Gasteiger partial charge in [-0.3, -0.25) is 4.79 Å². The summed E-state index contributed by atoms with van der Waals surface area (Å²) in [5, 5.41) is 8.91. The van der Waals surface area contributed by atoms with E-state index in [1.54, 1.807) is 0 Å². The number of anilines is 2. The van der Waals surface area contributed by atoms with Gasteiger partial charge in [0, 0.05) is 39.5 Å². The van der Waals surface area contributed by atoms with Gasteiger partial charge in [-0.05, 0) is 6.42 Å². The van der Waals surface area contributed by atoms with E-state index in [4.69, 9.17) is 0 Å². The van der Waals surface area contributed by atoms with Gasteiger partial charge in [-0.15, -0.1) is 0 Å². The number of amides is 1. The third-order valence-electron chi connectivity index (χ3n) is 2.31. The summed E-state index contributed by atoms with van der Waals surface area (Å²) >= 11 is 0.